The minimum atomic E-state index is -3.51. The van der Waals surface area contributed by atoms with Crippen molar-refractivity contribution in [3.63, 3.8) is 0 Å². The van der Waals surface area contributed by atoms with Crippen LogP contribution in [0.15, 0.2) is 46.6 Å². The van der Waals surface area contributed by atoms with E-state index in [1.165, 1.54) is 0 Å². The highest BCUT2D eigenvalue weighted by Gasteiger charge is 2.72. The summed E-state index contributed by atoms with van der Waals surface area (Å²) < 4.78 is 27.9. The lowest BCUT2D eigenvalue weighted by molar-refractivity contribution is -0.229. The molecular formula is C37H51NO4S. The second-order valence-electron chi connectivity index (χ2n) is 17.4. The second kappa shape index (κ2) is 9.44. The summed E-state index contributed by atoms with van der Waals surface area (Å²) in [4.78, 5) is 15.2. The van der Waals surface area contributed by atoms with Gasteiger partial charge in [0.05, 0.1) is 22.3 Å². The lowest BCUT2D eigenvalue weighted by atomic mass is 9.31. The van der Waals surface area contributed by atoms with Crippen molar-refractivity contribution in [2.75, 3.05) is 5.75 Å². The number of benzene rings is 1. The van der Waals surface area contributed by atoms with Crippen LogP contribution in [0.1, 0.15) is 106 Å². The quantitative estimate of drug-likeness (QED) is 0.373. The molecule has 0 unspecified atom stereocenters. The van der Waals surface area contributed by atoms with Crippen LogP contribution < -0.4 is 0 Å². The Morgan fingerprint density at radius 2 is 1.56 bits per heavy atom. The van der Waals surface area contributed by atoms with Crippen molar-refractivity contribution in [3.8, 4) is 6.07 Å². The summed E-state index contributed by atoms with van der Waals surface area (Å²) in [7, 11) is -3.51. The van der Waals surface area contributed by atoms with Gasteiger partial charge in [-0.15, -0.1) is 0 Å². The van der Waals surface area contributed by atoms with Crippen LogP contribution in [0.3, 0.4) is 0 Å². The Hall–Kier alpha value is -2.13. The molecule has 0 aliphatic heterocycles. The normalized spacial score (nSPS) is 43.4. The van der Waals surface area contributed by atoms with Crippen LogP contribution in [0.25, 0.3) is 0 Å². The van der Waals surface area contributed by atoms with Crippen LogP contribution in [0.4, 0.5) is 0 Å². The SMILES string of the molecule is CC1(C)CC[C@]2(CS(=O)(=O)c3ccccc3)CC[C@]3(C)[C@H](C(=O)C[C@@H]4[C@@]5(C)CC(C#N)=C(O)C(C)(C)[C@@H]5CC[C@]43C)[C@@H]2C1. The molecule has 6 rings (SSSR count). The van der Waals surface area contributed by atoms with Gasteiger partial charge in [-0.05, 0) is 108 Å². The lowest BCUT2D eigenvalue weighted by Gasteiger charge is -2.72. The van der Waals surface area contributed by atoms with Crippen molar-refractivity contribution in [2.45, 2.75) is 111 Å². The summed E-state index contributed by atoms with van der Waals surface area (Å²) in [6.45, 7) is 15.8. The minimum Gasteiger partial charge on any atom is -0.511 e. The fraction of sp³-hybridized carbons (Fsp3) is 0.730. The fourth-order valence-corrected chi connectivity index (χ4v) is 14.1. The monoisotopic (exact) mass is 605 g/mol. The number of nitriles is 1. The number of ketones is 1. The molecule has 1 aromatic carbocycles. The zero-order valence-corrected chi connectivity index (χ0v) is 28.1. The molecule has 0 bridgehead atoms. The number of carbonyl (C=O) groups excluding carboxylic acids is 1. The van der Waals surface area contributed by atoms with Gasteiger partial charge in [0.25, 0.3) is 0 Å². The number of allylic oxidation sites excluding steroid dienone is 2. The smallest absolute Gasteiger partial charge is 0.178 e. The first-order chi connectivity index (χ1) is 19.9. The summed E-state index contributed by atoms with van der Waals surface area (Å²) in [6, 6.07) is 11.2. The van der Waals surface area contributed by atoms with Gasteiger partial charge in [-0.3, -0.25) is 4.79 Å². The molecule has 1 N–H and O–H groups in total. The van der Waals surface area contributed by atoms with Gasteiger partial charge in [0.2, 0.25) is 0 Å². The highest BCUT2D eigenvalue weighted by Crippen LogP contribution is 2.76. The zero-order chi connectivity index (χ0) is 31.4. The van der Waals surface area contributed by atoms with E-state index in [0.29, 0.717) is 29.1 Å². The van der Waals surface area contributed by atoms with Crippen LogP contribution >= 0.6 is 0 Å². The second-order valence-corrected chi connectivity index (χ2v) is 19.4. The Morgan fingerprint density at radius 1 is 0.907 bits per heavy atom. The van der Waals surface area contributed by atoms with E-state index >= 15 is 0 Å². The van der Waals surface area contributed by atoms with E-state index in [1.807, 2.05) is 6.07 Å². The molecule has 5 aliphatic carbocycles. The predicted octanol–water partition coefficient (Wildman–Crippen LogP) is 8.47. The summed E-state index contributed by atoms with van der Waals surface area (Å²) in [6.07, 6.45) is 7.35. The zero-order valence-electron chi connectivity index (χ0n) is 27.3. The van der Waals surface area contributed by atoms with E-state index in [2.05, 4.69) is 54.5 Å². The number of aliphatic hydroxyl groups excluding tert-OH is 1. The van der Waals surface area contributed by atoms with Crippen molar-refractivity contribution in [1.82, 2.24) is 0 Å². The Morgan fingerprint density at radius 3 is 2.21 bits per heavy atom. The maximum atomic E-state index is 14.8. The topological polar surface area (TPSA) is 95.2 Å². The van der Waals surface area contributed by atoms with Crippen LogP contribution in [-0.2, 0) is 14.6 Å². The van der Waals surface area contributed by atoms with E-state index in [-0.39, 0.29) is 56.8 Å². The molecule has 6 heteroatoms. The van der Waals surface area contributed by atoms with Gasteiger partial charge in [0, 0.05) is 17.8 Å². The molecule has 0 heterocycles. The van der Waals surface area contributed by atoms with Crippen LogP contribution in [-0.4, -0.2) is 25.1 Å². The first-order valence-electron chi connectivity index (χ1n) is 16.5. The molecule has 0 radical (unpaired) electrons. The first-order valence-corrected chi connectivity index (χ1v) is 18.2. The molecule has 8 atom stereocenters. The van der Waals surface area contributed by atoms with Crippen molar-refractivity contribution in [2.24, 2.45) is 56.2 Å². The summed E-state index contributed by atoms with van der Waals surface area (Å²) in [5.74, 6) is 0.837. The molecule has 43 heavy (non-hydrogen) atoms. The van der Waals surface area contributed by atoms with E-state index in [1.54, 1.807) is 24.3 Å². The van der Waals surface area contributed by atoms with E-state index in [0.717, 1.165) is 44.9 Å². The number of rotatable bonds is 3. The highest BCUT2D eigenvalue weighted by molar-refractivity contribution is 7.91. The summed E-state index contributed by atoms with van der Waals surface area (Å²) in [5.41, 5.74) is -1.01. The van der Waals surface area contributed by atoms with Crippen molar-refractivity contribution >= 4 is 15.6 Å². The minimum absolute atomic E-state index is 0.0331. The molecule has 234 valence electrons. The molecule has 5 aliphatic rings. The van der Waals surface area contributed by atoms with Crippen molar-refractivity contribution in [3.05, 3.63) is 41.7 Å². The number of sulfone groups is 1. The molecule has 5 nitrogen and oxygen atoms in total. The molecule has 4 saturated carbocycles. The van der Waals surface area contributed by atoms with Gasteiger partial charge in [0.1, 0.15) is 11.5 Å². The van der Waals surface area contributed by atoms with Gasteiger partial charge < -0.3 is 5.11 Å². The third-order valence-electron chi connectivity index (χ3n) is 14.5. The van der Waals surface area contributed by atoms with Gasteiger partial charge in [-0.1, -0.05) is 66.7 Å². The number of carbonyl (C=O) groups is 1. The number of nitrogens with zero attached hydrogens (tertiary/aromatic N) is 1. The van der Waals surface area contributed by atoms with E-state index in [9.17, 15) is 23.6 Å². The number of aliphatic hydroxyl groups is 1. The third kappa shape index (κ3) is 4.19. The summed E-state index contributed by atoms with van der Waals surface area (Å²) in [5, 5.41) is 21.2. The van der Waals surface area contributed by atoms with Gasteiger partial charge in [-0.25, -0.2) is 8.42 Å². The van der Waals surface area contributed by atoms with Crippen molar-refractivity contribution in [1.29, 1.82) is 5.26 Å². The van der Waals surface area contributed by atoms with E-state index in [4.69, 9.17) is 0 Å². The van der Waals surface area contributed by atoms with Gasteiger partial charge >= 0.3 is 0 Å². The molecule has 0 spiro atoms. The number of Topliss-reactive ketones (excluding diaryl/α,β-unsaturated/α-hetero) is 1. The largest absolute Gasteiger partial charge is 0.511 e. The fourth-order valence-electron chi connectivity index (χ4n) is 12.1. The third-order valence-corrected chi connectivity index (χ3v) is 16.4. The average molecular weight is 606 g/mol. The average Bonchev–Trinajstić information content (AvgIpc) is 2.93. The number of fused-ring (bicyclic) bond motifs is 7. The molecule has 4 fully saturated rings. The Labute approximate surface area is 259 Å². The Balaban J connectivity index is 1.43. The maximum absolute atomic E-state index is 14.8. The van der Waals surface area contributed by atoms with Crippen molar-refractivity contribution < 1.29 is 18.3 Å². The van der Waals surface area contributed by atoms with Crippen LogP contribution in [0.5, 0.6) is 0 Å². The van der Waals surface area contributed by atoms with Gasteiger partial charge in [-0.2, -0.15) is 5.26 Å². The highest BCUT2D eigenvalue weighted by atomic mass is 32.2. The van der Waals surface area contributed by atoms with Crippen LogP contribution in [0.2, 0.25) is 0 Å². The maximum Gasteiger partial charge on any atom is 0.178 e. The van der Waals surface area contributed by atoms with Crippen LogP contribution in [0, 0.1) is 67.5 Å². The number of hydrogen-bond donors (Lipinski definition) is 1. The van der Waals surface area contributed by atoms with E-state index < -0.39 is 20.7 Å². The van der Waals surface area contributed by atoms with Gasteiger partial charge in [0.15, 0.2) is 9.84 Å². The predicted molar refractivity (Wildman–Crippen MR) is 169 cm³/mol. The molecular weight excluding hydrogens is 554 g/mol. The number of hydrogen-bond acceptors (Lipinski definition) is 5. The standard InChI is InChI=1S/C37H51NO4S/c1-32(2)15-17-37(23-43(41,42)25-11-9-8-10-12-25)18-16-36(7)30(26(37)21-32)27(39)19-29-34(5)20-24(22-38)31(40)33(3,4)28(34)13-14-35(29,36)6/h8-12,26,28-30,40H,13-21,23H2,1-7H3/t26-,28-,29+,30-,34-,35+,36+,37+/m0/s1. The molecule has 1 aromatic rings. The Bertz CT molecular complexity index is 1520. The Kier molecular flexibility index (Phi) is 6.78. The molecule has 0 saturated heterocycles. The summed E-state index contributed by atoms with van der Waals surface area (Å²) >= 11 is 0. The molecule has 0 aromatic heterocycles. The lowest BCUT2D eigenvalue weighted by Crippen LogP contribution is -2.69. The molecule has 0 amide bonds. The first kappa shape index (κ1) is 30.9.